The zero-order valence-electron chi connectivity index (χ0n) is 10.8. The van der Waals surface area contributed by atoms with E-state index in [1.165, 1.54) is 12.1 Å². The molecule has 2 aromatic carbocycles. The molecule has 0 saturated carbocycles. The lowest BCUT2D eigenvalue weighted by molar-refractivity contribution is 0.533. The molecule has 0 aromatic heterocycles. The number of hydrogen-bond donors (Lipinski definition) is 1. The van der Waals surface area contributed by atoms with E-state index in [0.29, 0.717) is 12.0 Å². The number of halogens is 4. The molecule has 2 aromatic rings. The first-order valence-corrected chi connectivity index (χ1v) is 6.83. The van der Waals surface area contributed by atoms with E-state index in [0.717, 1.165) is 5.56 Å². The van der Waals surface area contributed by atoms with Gasteiger partial charge in [-0.25, -0.2) is 8.78 Å². The summed E-state index contributed by atoms with van der Waals surface area (Å²) >= 11 is 11.5. The average Bonchev–Trinajstić information content (AvgIpc) is 2.43. The van der Waals surface area contributed by atoms with Crippen molar-refractivity contribution < 1.29 is 8.78 Å². The van der Waals surface area contributed by atoms with Gasteiger partial charge in [-0.3, -0.25) is 0 Å². The summed E-state index contributed by atoms with van der Waals surface area (Å²) < 4.78 is 27.2. The van der Waals surface area contributed by atoms with E-state index in [-0.39, 0.29) is 16.1 Å². The number of likely N-dealkylation sites (N-methyl/N-ethyl adjacent to an activating group) is 1. The summed E-state index contributed by atoms with van der Waals surface area (Å²) in [5.41, 5.74) is 1.29. The van der Waals surface area contributed by atoms with Gasteiger partial charge >= 0.3 is 0 Å². The number of rotatable bonds is 4. The standard InChI is InChI=1S/C15H13Cl2F2N/c1-20-14(10-3-2-4-11(16)15(10)19)8-9-5-6-13(18)12(17)7-9/h2-7,14,20H,8H2,1H3. The molecule has 0 radical (unpaired) electrons. The van der Waals surface area contributed by atoms with Crippen LogP contribution < -0.4 is 5.32 Å². The van der Waals surface area contributed by atoms with E-state index in [1.807, 2.05) is 0 Å². The van der Waals surface area contributed by atoms with Gasteiger partial charge < -0.3 is 5.32 Å². The van der Waals surface area contributed by atoms with Gasteiger partial charge in [-0.15, -0.1) is 0 Å². The van der Waals surface area contributed by atoms with Gasteiger partial charge in [0.2, 0.25) is 0 Å². The van der Waals surface area contributed by atoms with Crippen molar-refractivity contribution in [1.82, 2.24) is 5.32 Å². The molecule has 1 atom stereocenters. The van der Waals surface area contributed by atoms with Crippen LogP contribution in [0, 0.1) is 11.6 Å². The predicted molar refractivity (Wildman–Crippen MR) is 78.3 cm³/mol. The van der Waals surface area contributed by atoms with Gasteiger partial charge in [-0.05, 0) is 37.2 Å². The van der Waals surface area contributed by atoms with Gasteiger partial charge in [0.05, 0.1) is 10.0 Å². The Kier molecular flexibility index (Phi) is 4.97. The van der Waals surface area contributed by atoms with Crippen LogP contribution >= 0.6 is 23.2 Å². The Balaban J connectivity index is 2.28. The predicted octanol–water partition coefficient (Wildman–Crippen LogP) is 4.77. The lowest BCUT2D eigenvalue weighted by Gasteiger charge is -2.18. The molecule has 0 aliphatic rings. The van der Waals surface area contributed by atoms with E-state index >= 15 is 0 Å². The van der Waals surface area contributed by atoms with E-state index in [9.17, 15) is 8.78 Å². The molecular formula is C15H13Cl2F2N. The third kappa shape index (κ3) is 3.29. The van der Waals surface area contributed by atoms with Crippen LogP contribution in [0.1, 0.15) is 17.2 Å². The zero-order valence-corrected chi connectivity index (χ0v) is 12.3. The van der Waals surface area contributed by atoms with Crippen molar-refractivity contribution in [1.29, 1.82) is 0 Å². The number of hydrogen-bond acceptors (Lipinski definition) is 1. The lowest BCUT2D eigenvalue weighted by atomic mass is 9.98. The highest BCUT2D eigenvalue weighted by atomic mass is 35.5. The van der Waals surface area contributed by atoms with Crippen LogP contribution in [-0.2, 0) is 6.42 Å². The van der Waals surface area contributed by atoms with Gasteiger partial charge in [0.1, 0.15) is 11.6 Å². The van der Waals surface area contributed by atoms with Crippen molar-refractivity contribution in [2.75, 3.05) is 7.05 Å². The Bertz CT molecular complexity index is 617. The van der Waals surface area contributed by atoms with E-state index in [2.05, 4.69) is 5.32 Å². The molecule has 106 valence electrons. The van der Waals surface area contributed by atoms with E-state index in [4.69, 9.17) is 23.2 Å². The van der Waals surface area contributed by atoms with Crippen molar-refractivity contribution in [3.05, 3.63) is 69.2 Å². The summed E-state index contributed by atoms with van der Waals surface area (Å²) in [6, 6.07) is 9.09. The molecule has 0 aliphatic carbocycles. The molecular weight excluding hydrogens is 303 g/mol. The van der Waals surface area contributed by atoms with Gasteiger partial charge in [-0.1, -0.05) is 41.4 Å². The maximum Gasteiger partial charge on any atom is 0.146 e. The Morgan fingerprint density at radius 2 is 1.85 bits per heavy atom. The van der Waals surface area contributed by atoms with Gasteiger partial charge in [0.25, 0.3) is 0 Å². The molecule has 2 rings (SSSR count). The molecule has 0 saturated heterocycles. The SMILES string of the molecule is CNC(Cc1ccc(F)c(Cl)c1)c1cccc(Cl)c1F. The summed E-state index contributed by atoms with van der Waals surface area (Å²) in [5.74, 6) is -0.910. The van der Waals surface area contributed by atoms with Gasteiger partial charge in [0, 0.05) is 11.6 Å². The quantitative estimate of drug-likeness (QED) is 0.856. The first-order chi connectivity index (χ1) is 9.52. The molecule has 5 heteroatoms. The third-order valence-electron chi connectivity index (χ3n) is 3.13. The Morgan fingerprint density at radius 1 is 1.10 bits per heavy atom. The average molecular weight is 316 g/mol. The summed E-state index contributed by atoms with van der Waals surface area (Å²) in [5, 5.41) is 3.18. The first-order valence-electron chi connectivity index (χ1n) is 6.08. The summed E-state index contributed by atoms with van der Waals surface area (Å²) in [6.07, 6.45) is 0.480. The second-order valence-electron chi connectivity index (χ2n) is 4.44. The topological polar surface area (TPSA) is 12.0 Å². The lowest BCUT2D eigenvalue weighted by Crippen LogP contribution is -2.20. The van der Waals surface area contributed by atoms with Gasteiger partial charge in [0.15, 0.2) is 0 Å². The smallest absolute Gasteiger partial charge is 0.146 e. The molecule has 1 nitrogen and oxygen atoms in total. The number of benzene rings is 2. The van der Waals surface area contributed by atoms with Crippen LogP contribution in [0.5, 0.6) is 0 Å². The third-order valence-corrected chi connectivity index (χ3v) is 3.71. The minimum atomic E-state index is -0.467. The second kappa shape index (κ2) is 6.53. The van der Waals surface area contributed by atoms with Crippen molar-refractivity contribution in [3.8, 4) is 0 Å². The van der Waals surface area contributed by atoms with E-state index in [1.54, 1.807) is 31.3 Å². The zero-order chi connectivity index (χ0) is 14.7. The summed E-state index contributed by atoms with van der Waals surface area (Å²) in [6.45, 7) is 0. The molecule has 0 bridgehead atoms. The summed E-state index contributed by atoms with van der Waals surface area (Å²) in [7, 11) is 1.73. The monoisotopic (exact) mass is 315 g/mol. The second-order valence-corrected chi connectivity index (χ2v) is 5.25. The molecule has 1 unspecified atom stereocenters. The minimum absolute atomic E-state index is 0.0592. The van der Waals surface area contributed by atoms with Crippen LogP contribution in [0.4, 0.5) is 8.78 Å². The van der Waals surface area contributed by atoms with Crippen LogP contribution in [-0.4, -0.2) is 7.05 Å². The molecule has 0 spiro atoms. The first kappa shape index (κ1) is 15.2. The maximum absolute atomic E-state index is 14.0. The molecule has 0 amide bonds. The van der Waals surface area contributed by atoms with Crippen molar-refractivity contribution >= 4 is 23.2 Å². The fraction of sp³-hybridized carbons (Fsp3) is 0.200. The fourth-order valence-electron chi connectivity index (χ4n) is 2.06. The molecule has 1 N–H and O–H groups in total. The minimum Gasteiger partial charge on any atom is -0.313 e. The van der Waals surface area contributed by atoms with Crippen molar-refractivity contribution in [2.45, 2.75) is 12.5 Å². The van der Waals surface area contributed by atoms with Crippen LogP contribution in [0.2, 0.25) is 10.0 Å². The van der Waals surface area contributed by atoms with E-state index < -0.39 is 11.6 Å². The Hall–Kier alpha value is -1.16. The molecule has 0 heterocycles. The highest BCUT2D eigenvalue weighted by molar-refractivity contribution is 6.31. The van der Waals surface area contributed by atoms with Crippen molar-refractivity contribution in [2.24, 2.45) is 0 Å². The van der Waals surface area contributed by atoms with Crippen molar-refractivity contribution in [3.63, 3.8) is 0 Å². The van der Waals surface area contributed by atoms with Crippen LogP contribution in [0.25, 0.3) is 0 Å². The molecule has 0 fully saturated rings. The fourth-order valence-corrected chi connectivity index (χ4v) is 2.44. The van der Waals surface area contributed by atoms with Gasteiger partial charge in [-0.2, -0.15) is 0 Å². The molecule has 0 aliphatic heterocycles. The maximum atomic E-state index is 14.0. The highest BCUT2D eigenvalue weighted by Gasteiger charge is 2.17. The normalized spacial score (nSPS) is 12.4. The van der Waals surface area contributed by atoms with Crippen LogP contribution in [0.15, 0.2) is 36.4 Å². The summed E-state index contributed by atoms with van der Waals surface area (Å²) in [4.78, 5) is 0. The largest absolute Gasteiger partial charge is 0.313 e. The Labute approximate surface area is 126 Å². The molecule has 20 heavy (non-hydrogen) atoms. The Morgan fingerprint density at radius 3 is 2.50 bits per heavy atom. The highest BCUT2D eigenvalue weighted by Crippen LogP contribution is 2.27. The number of nitrogens with one attached hydrogen (secondary N) is 1. The van der Waals surface area contributed by atoms with Crippen LogP contribution in [0.3, 0.4) is 0 Å².